The van der Waals surface area contributed by atoms with Gasteiger partial charge in [0.25, 0.3) is 0 Å². The standard InChI is InChI=1S/C76H80N4OS/c1-44(2)50-36-61(46(5)6)71(62(37-50)47(7)8)59-25-21-26-60(72-63(48(9)10)38-51(45(3)4)39-64(72)49(11)12)74(59)79-43-78(65-27-17-18-28-66(65)79)53-22-20-23-54(41-53)81-55-30-31-58-68(42-55)80(70-40-52(34-35-77-70)76(13,14)15)67-33-32-57-56-24-16-19-29-69(56)82-75(57)73(58)67/h16-42,44-49H,43H2,1-15H3. The van der Waals surface area contributed by atoms with Crippen molar-refractivity contribution in [3.63, 3.8) is 0 Å². The van der Waals surface area contributed by atoms with Crippen molar-refractivity contribution in [2.75, 3.05) is 16.5 Å². The number of thiophene rings is 1. The van der Waals surface area contributed by atoms with Crippen LogP contribution in [0.15, 0.2) is 164 Å². The van der Waals surface area contributed by atoms with Crippen LogP contribution in [0.5, 0.6) is 11.5 Å². The van der Waals surface area contributed by atoms with E-state index in [1.807, 2.05) is 17.5 Å². The summed E-state index contributed by atoms with van der Waals surface area (Å²) < 4.78 is 12.0. The summed E-state index contributed by atoms with van der Waals surface area (Å²) in [7, 11) is 0. The highest BCUT2D eigenvalue weighted by molar-refractivity contribution is 7.26. The number of anilines is 4. The number of nitrogens with zero attached hydrogens (tertiary/aromatic N) is 4. The van der Waals surface area contributed by atoms with Crippen molar-refractivity contribution in [1.82, 2.24) is 9.55 Å². The highest BCUT2D eigenvalue weighted by Crippen LogP contribution is 2.55. The van der Waals surface area contributed by atoms with Gasteiger partial charge in [0.2, 0.25) is 0 Å². The maximum Gasteiger partial charge on any atom is 0.137 e. The molecule has 1 aliphatic rings. The lowest BCUT2D eigenvalue weighted by molar-refractivity contribution is 0.483. The summed E-state index contributed by atoms with van der Waals surface area (Å²) in [5.41, 5.74) is 21.8. The first-order valence-corrected chi connectivity index (χ1v) is 30.9. The van der Waals surface area contributed by atoms with Gasteiger partial charge in [-0.05, 0) is 152 Å². The Morgan fingerprint density at radius 3 is 1.61 bits per heavy atom. The minimum absolute atomic E-state index is 0.0462. The van der Waals surface area contributed by atoms with Gasteiger partial charge in [0, 0.05) is 66.1 Å². The molecule has 416 valence electrons. The van der Waals surface area contributed by atoms with Gasteiger partial charge in [-0.2, -0.15) is 0 Å². The molecule has 0 radical (unpaired) electrons. The second-order valence-corrected chi connectivity index (χ2v) is 27.0. The normalized spacial score (nSPS) is 13.1. The van der Waals surface area contributed by atoms with E-state index in [-0.39, 0.29) is 5.41 Å². The van der Waals surface area contributed by atoms with Gasteiger partial charge in [-0.3, -0.25) is 4.57 Å². The molecular weight excluding hydrogens is 1020 g/mol. The predicted molar refractivity (Wildman–Crippen MR) is 354 cm³/mol. The molecule has 12 rings (SSSR count). The minimum atomic E-state index is -0.0462. The van der Waals surface area contributed by atoms with Gasteiger partial charge >= 0.3 is 0 Å². The molecule has 11 aromatic rings. The maximum atomic E-state index is 7.06. The number of hydrogen-bond acceptors (Lipinski definition) is 5. The molecule has 0 atom stereocenters. The largest absolute Gasteiger partial charge is 0.457 e. The summed E-state index contributed by atoms with van der Waals surface area (Å²) in [6, 6.07) is 59.3. The van der Waals surface area contributed by atoms with E-state index < -0.39 is 0 Å². The Hall–Kier alpha value is -7.67. The van der Waals surface area contributed by atoms with Crippen LogP contribution in [0.2, 0.25) is 0 Å². The average molecular weight is 1100 g/mol. The van der Waals surface area contributed by atoms with Gasteiger partial charge in [0.15, 0.2) is 0 Å². The van der Waals surface area contributed by atoms with Gasteiger partial charge < -0.3 is 14.5 Å². The van der Waals surface area contributed by atoms with Crippen LogP contribution in [-0.4, -0.2) is 16.2 Å². The molecule has 0 unspecified atom stereocenters. The van der Waals surface area contributed by atoms with E-state index in [2.05, 4.69) is 276 Å². The maximum absolute atomic E-state index is 7.06. The molecule has 0 saturated heterocycles. The fraction of sp³-hybridized carbons (Fsp3) is 0.303. The van der Waals surface area contributed by atoms with Crippen LogP contribution in [0.1, 0.15) is 178 Å². The second kappa shape index (κ2) is 21.3. The van der Waals surface area contributed by atoms with Crippen molar-refractivity contribution in [3.05, 3.63) is 203 Å². The molecule has 3 aromatic heterocycles. The monoisotopic (exact) mass is 1100 g/mol. The van der Waals surface area contributed by atoms with Gasteiger partial charge in [0.05, 0.1) is 28.1 Å². The third kappa shape index (κ3) is 9.55. The number of ether oxygens (including phenoxy) is 1. The lowest BCUT2D eigenvalue weighted by Crippen LogP contribution is -2.25. The van der Waals surface area contributed by atoms with Gasteiger partial charge in [-0.1, -0.05) is 189 Å². The zero-order valence-electron chi connectivity index (χ0n) is 50.9. The number of benzene rings is 8. The number of pyridine rings is 1. The Kier molecular flexibility index (Phi) is 14.2. The molecule has 0 aliphatic carbocycles. The van der Waals surface area contributed by atoms with Crippen molar-refractivity contribution in [2.45, 2.75) is 145 Å². The molecule has 0 amide bonds. The lowest BCUT2D eigenvalue weighted by Gasteiger charge is -2.32. The fourth-order valence-electron chi connectivity index (χ4n) is 12.8. The summed E-state index contributed by atoms with van der Waals surface area (Å²) >= 11 is 1.87. The molecule has 4 heterocycles. The van der Waals surface area contributed by atoms with Crippen LogP contribution in [0.25, 0.3) is 70.0 Å². The van der Waals surface area contributed by atoms with Crippen LogP contribution in [-0.2, 0) is 5.41 Å². The Labute approximate surface area is 491 Å². The highest BCUT2D eigenvalue weighted by Gasteiger charge is 2.35. The number of aromatic nitrogens is 2. The van der Waals surface area contributed by atoms with E-state index in [4.69, 9.17) is 9.72 Å². The summed E-state index contributed by atoms with van der Waals surface area (Å²) in [5, 5.41) is 5.00. The van der Waals surface area contributed by atoms with Crippen LogP contribution in [0, 0.1) is 0 Å². The molecule has 0 N–H and O–H groups in total. The molecule has 1 aliphatic heterocycles. The summed E-state index contributed by atoms with van der Waals surface area (Å²) in [4.78, 5) is 10.2. The Balaban J connectivity index is 1.01. The van der Waals surface area contributed by atoms with E-state index in [0.29, 0.717) is 42.2 Å². The lowest BCUT2D eigenvalue weighted by atomic mass is 9.78. The number of fused-ring (bicyclic) bond motifs is 8. The zero-order chi connectivity index (χ0) is 57.6. The van der Waals surface area contributed by atoms with E-state index in [1.165, 1.54) is 104 Å². The van der Waals surface area contributed by atoms with Crippen LogP contribution >= 0.6 is 11.3 Å². The molecule has 8 aromatic carbocycles. The summed E-state index contributed by atoms with van der Waals surface area (Å²) in [5.74, 6) is 4.53. The van der Waals surface area contributed by atoms with E-state index in [1.54, 1.807) is 0 Å². The molecular formula is C76H80N4OS. The molecule has 0 bridgehead atoms. The second-order valence-electron chi connectivity index (χ2n) is 26.0. The van der Waals surface area contributed by atoms with E-state index >= 15 is 0 Å². The summed E-state index contributed by atoms with van der Waals surface area (Å²) in [6.45, 7) is 35.8. The van der Waals surface area contributed by atoms with Crippen LogP contribution in [0.4, 0.5) is 22.7 Å². The Morgan fingerprint density at radius 1 is 0.476 bits per heavy atom. The van der Waals surface area contributed by atoms with E-state index in [9.17, 15) is 0 Å². The topological polar surface area (TPSA) is 33.5 Å². The Bertz CT molecular complexity index is 4100. The molecule has 0 fully saturated rings. The first-order valence-electron chi connectivity index (χ1n) is 30.0. The van der Waals surface area contributed by atoms with Crippen LogP contribution < -0.4 is 14.5 Å². The van der Waals surface area contributed by atoms with E-state index in [0.717, 1.165) is 39.7 Å². The number of para-hydroxylation sites is 3. The predicted octanol–water partition coefficient (Wildman–Crippen LogP) is 23.0. The highest BCUT2D eigenvalue weighted by atomic mass is 32.1. The third-order valence-electron chi connectivity index (χ3n) is 17.3. The SMILES string of the molecule is CC(C)c1cc(C(C)C)c(-c2cccc(-c3c(C(C)C)cc(C(C)C)cc3C(C)C)c2N2CN(c3cccc(Oc4ccc5c6c7sc8ccccc8c7ccc6n(-c6cc(C(C)(C)C)ccn6)c5c4)c3)c3ccccc32)c(C(C)C)c1. The molecule has 5 nitrogen and oxygen atoms in total. The van der Waals surface area contributed by atoms with Gasteiger partial charge in [0.1, 0.15) is 24.0 Å². The van der Waals surface area contributed by atoms with Crippen molar-refractivity contribution in [3.8, 4) is 39.6 Å². The van der Waals surface area contributed by atoms with Crippen molar-refractivity contribution < 1.29 is 4.74 Å². The molecule has 0 spiro atoms. The van der Waals surface area contributed by atoms with Crippen molar-refractivity contribution in [2.24, 2.45) is 0 Å². The van der Waals surface area contributed by atoms with Gasteiger partial charge in [-0.15, -0.1) is 11.3 Å². The molecule has 6 heteroatoms. The Morgan fingerprint density at radius 2 is 1.02 bits per heavy atom. The first kappa shape index (κ1) is 54.9. The fourth-order valence-corrected chi connectivity index (χ4v) is 14.1. The molecule has 82 heavy (non-hydrogen) atoms. The first-order chi connectivity index (χ1) is 39.3. The molecule has 0 saturated carbocycles. The smallest absolute Gasteiger partial charge is 0.137 e. The number of rotatable bonds is 13. The van der Waals surface area contributed by atoms with Crippen molar-refractivity contribution in [1.29, 1.82) is 0 Å². The zero-order valence-corrected chi connectivity index (χ0v) is 51.7. The third-order valence-corrected chi connectivity index (χ3v) is 18.5. The van der Waals surface area contributed by atoms with Crippen molar-refractivity contribution >= 4 is 76.1 Å². The minimum Gasteiger partial charge on any atom is -0.457 e. The average Bonchev–Trinajstić information content (AvgIpc) is 2.09. The van der Waals surface area contributed by atoms with Crippen LogP contribution in [0.3, 0.4) is 0 Å². The van der Waals surface area contributed by atoms with Gasteiger partial charge in [-0.25, -0.2) is 4.98 Å². The quantitative estimate of drug-likeness (QED) is 0.115. The number of hydrogen-bond donors (Lipinski definition) is 0. The summed E-state index contributed by atoms with van der Waals surface area (Å²) in [6.07, 6.45) is 1.96.